The molecule has 0 radical (unpaired) electrons. The van der Waals surface area contributed by atoms with Crippen molar-refractivity contribution in [3.63, 3.8) is 0 Å². The number of tetrazole rings is 1. The molecule has 1 aromatic heterocycles. The van der Waals surface area contributed by atoms with Gasteiger partial charge in [0.05, 0.1) is 23.0 Å². The van der Waals surface area contributed by atoms with Crippen LogP contribution in [-0.2, 0) is 19.8 Å². The summed E-state index contributed by atoms with van der Waals surface area (Å²) in [5.74, 6) is 0.795. The quantitative estimate of drug-likeness (QED) is 0.653. The topological polar surface area (TPSA) is 91.2 Å². The van der Waals surface area contributed by atoms with Gasteiger partial charge in [0.2, 0.25) is 11.9 Å². The number of thiol groups is 1. The van der Waals surface area contributed by atoms with Gasteiger partial charge in [-0.05, 0) is 48.4 Å². The number of carbonyl (C=O) groups is 1. The normalized spacial score (nSPS) is 32.1. The van der Waals surface area contributed by atoms with E-state index in [-0.39, 0.29) is 34.8 Å². The summed E-state index contributed by atoms with van der Waals surface area (Å²) in [6.45, 7) is 4.15. The van der Waals surface area contributed by atoms with Gasteiger partial charge < -0.3 is 9.47 Å². The molecule has 29 heavy (non-hydrogen) atoms. The second-order valence-corrected chi connectivity index (χ2v) is 9.08. The minimum Gasteiger partial charge on any atom is -0.379 e. The van der Waals surface area contributed by atoms with Crippen LogP contribution in [0.2, 0.25) is 0 Å². The minimum atomic E-state index is -0.390. The first-order valence-electron chi connectivity index (χ1n) is 10.8. The number of rotatable bonds is 7. The number of ether oxygens (including phenoxy) is 2. The van der Waals surface area contributed by atoms with Crippen molar-refractivity contribution in [3.8, 4) is 0 Å². The van der Waals surface area contributed by atoms with Gasteiger partial charge in [0, 0.05) is 20.1 Å². The Morgan fingerprint density at radius 2 is 2.00 bits per heavy atom. The Labute approximate surface area is 178 Å². The van der Waals surface area contributed by atoms with E-state index < -0.39 is 0 Å². The molecule has 0 spiro atoms. The van der Waals surface area contributed by atoms with E-state index in [0.29, 0.717) is 18.3 Å². The Balaban J connectivity index is 2.02. The van der Waals surface area contributed by atoms with E-state index in [2.05, 4.69) is 40.4 Å². The van der Waals surface area contributed by atoms with Crippen molar-refractivity contribution in [1.29, 1.82) is 0 Å². The lowest BCUT2D eigenvalue weighted by Crippen LogP contribution is -2.59. The lowest BCUT2D eigenvalue weighted by molar-refractivity contribution is -0.143. The third-order valence-electron chi connectivity index (χ3n) is 7.15. The molecule has 1 aromatic rings. The molecule has 0 aliphatic heterocycles. The van der Waals surface area contributed by atoms with Gasteiger partial charge in [-0.3, -0.25) is 10.1 Å². The van der Waals surface area contributed by atoms with Crippen LogP contribution < -0.4 is 5.32 Å². The maximum Gasteiger partial charge on any atom is 0.250 e. The van der Waals surface area contributed by atoms with Gasteiger partial charge in [-0.25, -0.2) is 4.68 Å². The summed E-state index contributed by atoms with van der Waals surface area (Å²) in [5.41, 5.74) is -0.319. The second-order valence-electron chi connectivity index (χ2n) is 8.46. The Kier molecular flexibility index (Phi) is 7.56. The third-order valence-corrected chi connectivity index (χ3v) is 7.75. The zero-order valence-electron chi connectivity index (χ0n) is 18.0. The maximum absolute atomic E-state index is 12.5. The molecule has 2 aliphatic rings. The van der Waals surface area contributed by atoms with Gasteiger partial charge in [-0.1, -0.05) is 38.2 Å². The van der Waals surface area contributed by atoms with Gasteiger partial charge in [0.15, 0.2) is 0 Å². The van der Waals surface area contributed by atoms with Crippen molar-refractivity contribution in [3.05, 3.63) is 0 Å². The SMILES string of the molecule is CCC(S)C(=O)Nc1nnnn1C1(C2CCCCC2)CCC(OC)C(OC)C1C. The molecule has 5 unspecified atom stereocenters. The molecule has 164 valence electrons. The average Bonchev–Trinajstić information content (AvgIpc) is 3.21. The smallest absolute Gasteiger partial charge is 0.250 e. The van der Waals surface area contributed by atoms with Crippen molar-refractivity contribution < 1.29 is 14.3 Å². The van der Waals surface area contributed by atoms with Crippen LogP contribution in [0.25, 0.3) is 0 Å². The molecule has 1 N–H and O–H groups in total. The molecule has 1 heterocycles. The summed E-state index contributed by atoms with van der Waals surface area (Å²) < 4.78 is 13.5. The molecule has 0 aromatic carbocycles. The molecule has 0 saturated heterocycles. The molecular formula is C20H35N5O3S. The zero-order chi connectivity index (χ0) is 21.0. The number of nitrogens with zero attached hydrogens (tertiary/aromatic N) is 4. The highest BCUT2D eigenvalue weighted by Gasteiger charge is 2.54. The van der Waals surface area contributed by atoms with Crippen molar-refractivity contribution in [2.24, 2.45) is 11.8 Å². The Hall–Kier alpha value is -1.19. The van der Waals surface area contributed by atoms with Crippen LogP contribution in [0.1, 0.15) is 65.2 Å². The number of amides is 1. The van der Waals surface area contributed by atoms with Crippen LogP contribution in [0, 0.1) is 11.8 Å². The standard InChI is InChI=1S/C20H35N5O3S/c1-5-16(29)18(26)21-19-22-23-24-25(19)20(14-9-7-6-8-10-14)12-11-15(27-3)17(28-4)13(20)2/h13-17,29H,5-12H2,1-4H3,(H,21,22,24,26). The van der Waals surface area contributed by atoms with Crippen LogP contribution in [0.3, 0.4) is 0 Å². The summed E-state index contributed by atoms with van der Waals surface area (Å²) in [6.07, 6.45) is 8.35. The van der Waals surface area contributed by atoms with Crippen molar-refractivity contribution in [1.82, 2.24) is 20.2 Å². The third kappa shape index (κ3) is 4.18. The minimum absolute atomic E-state index is 0.0446. The van der Waals surface area contributed by atoms with Crippen molar-refractivity contribution >= 4 is 24.5 Å². The highest BCUT2D eigenvalue weighted by molar-refractivity contribution is 7.81. The largest absolute Gasteiger partial charge is 0.379 e. The fourth-order valence-electron chi connectivity index (χ4n) is 5.55. The molecule has 1 amide bonds. The first-order chi connectivity index (χ1) is 14.0. The van der Waals surface area contributed by atoms with Crippen LogP contribution in [0.15, 0.2) is 0 Å². The number of anilines is 1. The highest BCUT2D eigenvalue weighted by Crippen LogP contribution is 2.51. The Bertz CT molecular complexity index is 681. The Morgan fingerprint density at radius 1 is 1.28 bits per heavy atom. The second kappa shape index (κ2) is 9.75. The summed E-state index contributed by atoms with van der Waals surface area (Å²) in [6, 6.07) is 0. The van der Waals surface area contributed by atoms with Crippen LogP contribution in [0.5, 0.6) is 0 Å². The summed E-state index contributed by atoms with van der Waals surface area (Å²) in [7, 11) is 3.50. The fraction of sp³-hybridized carbons (Fsp3) is 0.900. The fourth-order valence-corrected chi connectivity index (χ4v) is 5.62. The molecule has 5 atom stereocenters. The van der Waals surface area contributed by atoms with Crippen LogP contribution >= 0.6 is 12.6 Å². The monoisotopic (exact) mass is 425 g/mol. The number of carbonyl (C=O) groups excluding carboxylic acids is 1. The highest BCUT2D eigenvalue weighted by atomic mass is 32.1. The lowest BCUT2D eigenvalue weighted by atomic mass is 9.61. The molecule has 9 heteroatoms. The van der Waals surface area contributed by atoms with Crippen molar-refractivity contribution in [2.75, 3.05) is 19.5 Å². The number of hydrogen-bond donors (Lipinski definition) is 2. The van der Waals surface area contributed by atoms with E-state index in [4.69, 9.17) is 9.47 Å². The van der Waals surface area contributed by atoms with Crippen molar-refractivity contribution in [2.45, 2.75) is 88.2 Å². The molecule has 2 saturated carbocycles. The van der Waals surface area contributed by atoms with Gasteiger partial charge >= 0.3 is 0 Å². The maximum atomic E-state index is 12.5. The predicted molar refractivity (Wildman–Crippen MR) is 114 cm³/mol. The summed E-state index contributed by atoms with van der Waals surface area (Å²) >= 11 is 4.36. The number of nitrogens with one attached hydrogen (secondary N) is 1. The molecular weight excluding hydrogens is 390 g/mol. The van der Waals surface area contributed by atoms with E-state index in [1.807, 2.05) is 11.6 Å². The summed E-state index contributed by atoms with van der Waals surface area (Å²) in [4.78, 5) is 12.5. The number of methoxy groups -OCH3 is 2. The van der Waals surface area contributed by atoms with E-state index in [0.717, 1.165) is 25.7 Å². The predicted octanol–water partition coefficient (Wildman–Crippen LogP) is 3.06. The number of hydrogen-bond acceptors (Lipinski definition) is 7. The summed E-state index contributed by atoms with van der Waals surface area (Å²) in [5, 5.41) is 15.1. The van der Waals surface area contributed by atoms with Gasteiger partial charge in [-0.2, -0.15) is 12.6 Å². The lowest BCUT2D eigenvalue weighted by Gasteiger charge is -2.53. The number of aromatic nitrogens is 4. The first-order valence-corrected chi connectivity index (χ1v) is 11.3. The van der Waals surface area contributed by atoms with Gasteiger partial charge in [0.25, 0.3) is 0 Å². The molecule has 0 bridgehead atoms. The van der Waals surface area contributed by atoms with E-state index in [9.17, 15) is 4.79 Å². The molecule has 3 rings (SSSR count). The first kappa shape index (κ1) is 22.5. The van der Waals surface area contributed by atoms with Gasteiger partial charge in [-0.15, -0.1) is 0 Å². The van der Waals surface area contributed by atoms with Crippen LogP contribution in [-0.4, -0.2) is 57.8 Å². The van der Waals surface area contributed by atoms with E-state index in [1.165, 1.54) is 19.3 Å². The molecule has 2 fully saturated rings. The average molecular weight is 426 g/mol. The molecule has 2 aliphatic carbocycles. The van der Waals surface area contributed by atoms with Gasteiger partial charge in [0.1, 0.15) is 0 Å². The van der Waals surface area contributed by atoms with Crippen LogP contribution in [0.4, 0.5) is 5.95 Å². The van der Waals surface area contributed by atoms with E-state index >= 15 is 0 Å². The van der Waals surface area contributed by atoms with E-state index in [1.54, 1.807) is 14.2 Å². The zero-order valence-corrected chi connectivity index (χ0v) is 18.9. The Morgan fingerprint density at radius 3 is 2.62 bits per heavy atom. The molecule has 8 nitrogen and oxygen atoms in total.